The molecule has 3 aromatic rings. The zero-order valence-electron chi connectivity index (χ0n) is 13.4. The zero-order valence-corrected chi connectivity index (χ0v) is 15.0. The van der Waals surface area contributed by atoms with Crippen LogP contribution in [0, 0.1) is 6.92 Å². The molecular weight excluding hydrogens is 358 g/mol. The van der Waals surface area contributed by atoms with Gasteiger partial charge in [-0.15, -0.1) is 0 Å². The van der Waals surface area contributed by atoms with Gasteiger partial charge in [0.2, 0.25) is 0 Å². The van der Waals surface area contributed by atoms with Crippen molar-refractivity contribution in [2.45, 2.75) is 13.5 Å². The van der Waals surface area contributed by atoms with Crippen LogP contribution in [0.25, 0.3) is 11.0 Å². The van der Waals surface area contributed by atoms with Crippen LogP contribution in [0.1, 0.15) is 5.56 Å². The molecule has 0 unspecified atom stereocenters. The van der Waals surface area contributed by atoms with E-state index in [1.807, 2.05) is 43.3 Å². The van der Waals surface area contributed by atoms with Crippen molar-refractivity contribution < 1.29 is 4.79 Å². The first-order chi connectivity index (χ1) is 12.0. The molecular formula is C17H16ClN5OS. The first-order valence-corrected chi connectivity index (χ1v) is 8.34. The standard InChI is InChI=1S/C17H16ClN5OS/c1-11-12(18)5-4-7-13(11)20-17(25)22-21-16(24)9-23-10-19-14-6-2-3-8-15(14)23/h2-8,10H,9H2,1H3,(H,21,24)(H2,20,22,25). The zero-order chi connectivity index (χ0) is 17.8. The Bertz CT molecular complexity index is 940. The van der Waals surface area contributed by atoms with Crippen LogP contribution in [-0.4, -0.2) is 20.6 Å². The molecule has 0 saturated carbocycles. The smallest absolute Gasteiger partial charge is 0.258 e. The van der Waals surface area contributed by atoms with Gasteiger partial charge in [0.25, 0.3) is 5.91 Å². The van der Waals surface area contributed by atoms with E-state index in [-0.39, 0.29) is 17.6 Å². The lowest BCUT2D eigenvalue weighted by Crippen LogP contribution is -2.45. The summed E-state index contributed by atoms with van der Waals surface area (Å²) in [6.45, 7) is 2.02. The summed E-state index contributed by atoms with van der Waals surface area (Å²) in [5.74, 6) is -0.241. The highest BCUT2D eigenvalue weighted by molar-refractivity contribution is 7.80. The Balaban J connectivity index is 1.55. The Morgan fingerprint density at radius 1 is 1.20 bits per heavy atom. The second-order valence-corrected chi connectivity index (χ2v) is 6.22. The maximum absolute atomic E-state index is 12.1. The molecule has 0 fully saturated rings. The van der Waals surface area contributed by atoms with Crippen molar-refractivity contribution in [3.05, 3.63) is 59.4 Å². The van der Waals surface area contributed by atoms with Crippen molar-refractivity contribution >= 4 is 51.6 Å². The molecule has 2 aromatic carbocycles. The monoisotopic (exact) mass is 373 g/mol. The minimum atomic E-state index is -0.241. The van der Waals surface area contributed by atoms with E-state index in [0.717, 1.165) is 22.3 Å². The number of halogens is 1. The van der Waals surface area contributed by atoms with Crippen LogP contribution in [-0.2, 0) is 11.3 Å². The molecule has 8 heteroatoms. The quantitative estimate of drug-likeness (QED) is 0.486. The number of rotatable bonds is 3. The number of hydrogen-bond donors (Lipinski definition) is 3. The molecule has 1 amide bonds. The third-order valence-corrected chi connectivity index (χ3v) is 4.29. The van der Waals surface area contributed by atoms with Crippen LogP contribution in [0.15, 0.2) is 48.8 Å². The van der Waals surface area contributed by atoms with Gasteiger partial charge in [-0.2, -0.15) is 0 Å². The normalized spacial score (nSPS) is 10.5. The highest BCUT2D eigenvalue weighted by Gasteiger charge is 2.08. The molecule has 0 saturated heterocycles. The topological polar surface area (TPSA) is 71.0 Å². The molecule has 6 nitrogen and oxygen atoms in total. The van der Waals surface area contributed by atoms with Crippen LogP contribution in [0.2, 0.25) is 5.02 Å². The number of hydrazine groups is 1. The molecule has 1 heterocycles. The largest absolute Gasteiger partial charge is 0.331 e. The van der Waals surface area contributed by atoms with Gasteiger partial charge in [0.1, 0.15) is 6.54 Å². The predicted molar refractivity (Wildman–Crippen MR) is 103 cm³/mol. The van der Waals surface area contributed by atoms with Crippen molar-refractivity contribution in [2.75, 3.05) is 5.32 Å². The van der Waals surface area contributed by atoms with E-state index >= 15 is 0 Å². The Morgan fingerprint density at radius 2 is 2.00 bits per heavy atom. The molecule has 0 aliphatic rings. The Labute approximate surface area is 155 Å². The highest BCUT2D eigenvalue weighted by atomic mass is 35.5. The fourth-order valence-corrected chi connectivity index (χ4v) is 2.69. The van der Waals surface area contributed by atoms with Crippen molar-refractivity contribution in [2.24, 2.45) is 0 Å². The fraction of sp³-hybridized carbons (Fsp3) is 0.118. The van der Waals surface area contributed by atoms with E-state index in [2.05, 4.69) is 21.2 Å². The number of fused-ring (bicyclic) bond motifs is 1. The molecule has 0 bridgehead atoms. The number of para-hydroxylation sites is 2. The summed E-state index contributed by atoms with van der Waals surface area (Å²) in [5.41, 5.74) is 8.64. The fourth-order valence-electron chi connectivity index (χ4n) is 2.35. The SMILES string of the molecule is Cc1c(Cl)cccc1NC(=S)NNC(=O)Cn1cnc2ccccc21. The highest BCUT2D eigenvalue weighted by Crippen LogP contribution is 2.22. The number of amides is 1. The number of imidazole rings is 1. The first-order valence-electron chi connectivity index (χ1n) is 7.55. The van der Waals surface area contributed by atoms with Crippen LogP contribution >= 0.6 is 23.8 Å². The summed E-state index contributed by atoms with van der Waals surface area (Å²) >= 11 is 11.3. The van der Waals surface area contributed by atoms with Gasteiger partial charge in [0, 0.05) is 10.7 Å². The summed E-state index contributed by atoms with van der Waals surface area (Å²) in [7, 11) is 0. The number of nitrogens with zero attached hydrogens (tertiary/aromatic N) is 2. The summed E-state index contributed by atoms with van der Waals surface area (Å²) in [4.78, 5) is 16.4. The number of hydrogen-bond acceptors (Lipinski definition) is 3. The van der Waals surface area contributed by atoms with Gasteiger partial charge in [-0.3, -0.25) is 15.6 Å². The number of benzene rings is 2. The van der Waals surface area contributed by atoms with Gasteiger partial charge in [0.05, 0.1) is 17.4 Å². The number of aromatic nitrogens is 2. The number of carbonyl (C=O) groups excluding carboxylic acids is 1. The summed E-state index contributed by atoms with van der Waals surface area (Å²) < 4.78 is 1.77. The van der Waals surface area contributed by atoms with Crippen molar-refractivity contribution in [1.82, 2.24) is 20.4 Å². The van der Waals surface area contributed by atoms with Crippen LogP contribution in [0.5, 0.6) is 0 Å². The van der Waals surface area contributed by atoms with Crippen LogP contribution in [0.3, 0.4) is 0 Å². The average molecular weight is 374 g/mol. The maximum atomic E-state index is 12.1. The Hall–Kier alpha value is -2.64. The molecule has 3 N–H and O–H groups in total. The van der Waals surface area contributed by atoms with Gasteiger partial charge < -0.3 is 9.88 Å². The average Bonchev–Trinajstić information content (AvgIpc) is 3.00. The van der Waals surface area contributed by atoms with Crippen molar-refractivity contribution in [3.63, 3.8) is 0 Å². The van der Waals surface area contributed by atoms with Gasteiger partial charge in [-0.1, -0.05) is 29.8 Å². The summed E-state index contributed by atoms with van der Waals surface area (Å²) in [6.07, 6.45) is 1.64. The third-order valence-electron chi connectivity index (χ3n) is 3.67. The van der Waals surface area contributed by atoms with E-state index in [4.69, 9.17) is 23.8 Å². The number of anilines is 1. The minimum absolute atomic E-state index is 0.131. The number of carbonyl (C=O) groups is 1. The summed E-state index contributed by atoms with van der Waals surface area (Å²) in [6, 6.07) is 13.1. The van der Waals surface area contributed by atoms with Gasteiger partial charge in [-0.25, -0.2) is 4.98 Å². The lowest BCUT2D eigenvalue weighted by molar-refractivity contribution is -0.122. The van der Waals surface area contributed by atoms with Crippen molar-refractivity contribution in [1.29, 1.82) is 0 Å². The third kappa shape index (κ3) is 4.07. The summed E-state index contributed by atoms with van der Waals surface area (Å²) in [5, 5.41) is 3.91. The van der Waals surface area contributed by atoms with Gasteiger partial charge >= 0.3 is 0 Å². The van der Waals surface area contributed by atoms with Crippen LogP contribution in [0.4, 0.5) is 5.69 Å². The molecule has 0 atom stereocenters. The number of thiocarbonyl (C=S) groups is 1. The van der Waals surface area contributed by atoms with E-state index in [1.165, 1.54) is 0 Å². The lowest BCUT2D eigenvalue weighted by Gasteiger charge is -2.14. The van der Waals surface area contributed by atoms with E-state index < -0.39 is 0 Å². The molecule has 128 valence electrons. The predicted octanol–water partition coefficient (Wildman–Crippen LogP) is 3.02. The molecule has 0 aliphatic carbocycles. The minimum Gasteiger partial charge on any atom is -0.331 e. The van der Waals surface area contributed by atoms with E-state index in [9.17, 15) is 4.79 Å². The molecule has 0 spiro atoms. The Morgan fingerprint density at radius 3 is 2.84 bits per heavy atom. The Kier molecular flexibility index (Phi) is 5.16. The van der Waals surface area contributed by atoms with E-state index in [1.54, 1.807) is 17.0 Å². The maximum Gasteiger partial charge on any atom is 0.258 e. The molecule has 0 radical (unpaired) electrons. The van der Waals surface area contributed by atoms with Crippen molar-refractivity contribution in [3.8, 4) is 0 Å². The first kappa shape index (κ1) is 17.2. The second-order valence-electron chi connectivity index (χ2n) is 5.40. The van der Waals surface area contributed by atoms with Gasteiger partial charge in [-0.05, 0) is 49.0 Å². The molecule has 1 aromatic heterocycles. The molecule has 3 rings (SSSR count). The second kappa shape index (κ2) is 7.50. The van der Waals surface area contributed by atoms with Gasteiger partial charge in [0.15, 0.2) is 5.11 Å². The van der Waals surface area contributed by atoms with Crippen LogP contribution < -0.4 is 16.2 Å². The number of nitrogens with one attached hydrogen (secondary N) is 3. The lowest BCUT2D eigenvalue weighted by atomic mass is 10.2. The van der Waals surface area contributed by atoms with E-state index in [0.29, 0.717) is 5.02 Å². The molecule has 25 heavy (non-hydrogen) atoms. The molecule has 0 aliphatic heterocycles.